The summed E-state index contributed by atoms with van der Waals surface area (Å²) in [5.41, 5.74) is 2.98. The third-order valence-electron chi connectivity index (χ3n) is 17.3. The van der Waals surface area contributed by atoms with Crippen molar-refractivity contribution in [3.63, 3.8) is 0 Å². The van der Waals surface area contributed by atoms with Crippen molar-refractivity contribution in [1.82, 2.24) is 4.90 Å². The van der Waals surface area contributed by atoms with Crippen LogP contribution in [0.3, 0.4) is 0 Å². The van der Waals surface area contributed by atoms with Gasteiger partial charge in [-0.2, -0.15) is 0 Å². The number of aliphatic hydroxyl groups excluding tert-OH is 1. The number of terminal acetylenes is 1. The fourth-order valence-electron chi connectivity index (χ4n) is 13.7. The molecule has 5 fully saturated rings. The maximum Gasteiger partial charge on any atom is 0.509 e. The van der Waals surface area contributed by atoms with E-state index in [1.165, 1.54) is 47.1 Å². The number of hydrogen-bond donors (Lipinski definition) is 1. The van der Waals surface area contributed by atoms with E-state index < -0.39 is 95.9 Å². The molecule has 432 valence electrons. The molecule has 3 heterocycles. The summed E-state index contributed by atoms with van der Waals surface area (Å²) in [6.45, 7) is 21.6. The molecule has 2 saturated carbocycles. The number of carbonyl (C=O) groups is 5. The number of likely N-dealkylation sites (tertiary alicyclic amines) is 1. The number of nitro groups is 1. The molecule has 0 aromatic heterocycles. The van der Waals surface area contributed by atoms with Crippen LogP contribution < -0.4 is 4.74 Å². The Hall–Kier alpha value is -7.15. The van der Waals surface area contributed by atoms with Crippen LogP contribution in [0, 0.1) is 57.5 Å². The lowest BCUT2D eigenvalue weighted by Crippen LogP contribution is -2.64. The van der Waals surface area contributed by atoms with Crippen LogP contribution in [-0.4, -0.2) is 133 Å². The van der Waals surface area contributed by atoms with Crippen LogP contribution in [0.15, 0.2) is 91.6 Å². The SMILES string of the molecule is C#CCC(OC(=O)N1C[C@@H](C)C[C@H]2O[C@]3(CC[C@@H]4C(=C3C)C[C@H]3[C@H]4CC=C4C[C@@H](O)CC[C@@]43C)[C@H](C)[C@@H]21)c1ccc(O[C@@H]2O[C@H](C(=O)OCC=C)[C@@H](OC(=O)OCC=C)[C@H](OC(=O)OCC=C)[C@H]2OC(=O)OCC=C)c([N+](=O)[O-])c1. The minimum atomic E-state index is -2.13. The molecule has 21 heteroatoms. The number of hydrogen-bond acceptors (Lipinski definition) is 19. The van der Waals surface area contributed by atoms with E-state index in [-0.39, 0.29) is 67.3 Å². The van der Waals surface area contributed by atoms with E-state index in [4.69, 9.17) is 58.5 Å². The summed E-state index contributed by atoms with van der Waals surface area (Å²) in [6.07, 6.45) is 2.82. The Morgan fingerprint density at radius 2 is 1.55 bits per heavy atom. The standard InChI is InChI=1S/C59H72N2O19/c1-10-15-44(75-54(64)60-32-33(6)28-46-47(60)35(8)59(80-46)23-21-39-40-18-17-37-30-38(62)20-22-58(37,9)42(40)31-41(39)34(59)7)36-16-19-45(43(29-36)61(68)69)74-53-51(79-57(67)73-27-14-5)49(78-56(66)72-26-13-4)48(77-55(65)71-25-12-3)50(76-53)52(63)70-24-11-2/h1,11-14,16-17,19,29,33,35,38-40,42,44,46-51,53,62H,2-5,15,18,20-28,30-32H2,6-9H3/t33-,35+,38-,39-,40-,42-,44?,46+,47-,48-,49-,50-,51+,53+,58-,59-/m0/s1. The van der Waals surface area contributed by atoms with Crippen LogP contribution in [0.5, 0.6) is 5.75 Å². The lowest BCUT2D eigenvalue weighted by atomic mass is 9.56. The van der Waals surface area contributed by atoms with Gasteiger partial charge in [0, 0.05) is 24.1 Å². The molecule has 1 unspecified atom stereocenters. The van der Waals surface area contributed by atoms with Crippen LogP contribution in [0.1, 0.15) is 97.1 Å². The summed E-state index contributed by atoms with van der Waals surface area (Å²) in [7, 11) is 0. The highest BCUT2D eigenvalue weighted by Crippen LogP contribution is 2.65. The second-order valence-electron chi connectivity index (χ2n) is 21.9. The van der Waals surface area contributed by atoms with Gasteiger partial charge in [0.2, 0.25) is 12.4 Å². The topological polar surface area (TPSA) is 253 Å². The van der Waals surface area contributed by atoms with Gasteiger partial charge in [0.1, 0.15) is 32.5 Å². The fraction of sp³-hybridized carbons (Fsp3) is 0.576. The average molecular weight is 1110 g/mol. The van der Waals surface area contributed by atoms with E-state index in [0.29, 0.717) is 24.3 Å². The maximum absolute atomic E-state index is 14.8. The van der Waals surface area contributed by atoms with Gasteiger partial charge in [-0.25, -0.2) is 24.0 Å². The molecule has 1 N–H and O–H groups in total. The van der Waals surface area contributed by atoms with E-state index in [9.17, 15) is 39.2 Å². The van der Waals surface area contributed by atoms with Crippen LogP contribution >= 0.6 is 0 Å². The van der Waals surface area contributed by atoms with Gasteiger partial charge < -0.3 is 62.1 Å². The van der Waals surface area contributed by atoms with E-state index in [1.807, 2.05) is 0 Å². The Morgan fingerprint density at radius 3 is 2.19 bits per heavy atom. The van der Waals surface area contributed by atoms with Crippen molar-refractivity contribution >= 4 is 36.2 Å². The Bertz CT molecular complexity index is 2700. The van der Waals surface area contributed by atoms with E-state index in [0.717, 1.165) is 63.5 Å². The molecule has 21 nitrogen and oxygen atoms in total. The highest BCUT2D eigenvalue weighted by atomic mass is 16.8. The first-order chi connectivity index (χ1) is 38.3. The first kappa shape index (κ1) is 59.0. The first-order valence-electron chi connectivity index (χ1n) is 27.2. The van der Waals surface area contributed by atoms with E-state index in [2.05, 4.69) is 66.0 Å². The van der Waals surface area contributed by atoms with Crippen molar-refractivity contribution in [1.29, 1.82) is 0 Å². The second-order valence-corrected chi connectivity index (χ2v) is 21.9. The van der Waals surface area contributed by atoms with Crippen molar-refractivity contribution in [2.75, 3.05) is 33.0 Å². The van der Waals surface area contributed by atoms with Gasteiger partial charge in [0.05, 0.1) is 35.2 Å². The van der Waals surface area contributed by atoms with Gasteiger partial charge >= 0.3 is 36.2 Å². The van der Waals surface area contributed by atoms with Gasteiger partial charge in [-0.05, 0) is 99.0 Å². The Labute approximate surface area is 465 Å². The number of carbonyl (C=O) groups excluding carboxylic acids is 5. The summed E-state index contributed by atoms with van der Waals surface area (Å²) in [5, 5.41) is 23.6. The molecular formula is C59H72N2O19. The van der Waals surface area contributed by atoms with Crippen molar-refractivity contribution in [3.05, 3.63) is 107 Å². The van der Waals surface area contributed by atoms with Crippen LogP contribution in [0.2, 0.25) is 0 Å². The Kier molecular flexibility index (Phi) is 18.5. The fourth-order valence-corrected chi connectivity index (χ4v) is 13.7. The summed E-state index contributed by atoms with van der Waals surface area (Å²) in [4.78, 5) is 81.7. The zero-order valence-corrected chi connectivity index (χ0v) is 45.7. The van der Waals surface area contributed by atoms with E-state index in [1.54, 1.807) is 4.90 Å². The lowest BCUT2D eigenvalue weighted by molar-refractivity contribution is -0.387. The van der Waals surface area contributed by atoms with Gasteiger partial charge in [-0.3, -0.25) is 10.1 Å². The zero-order valence-electron chi connectivity index (χ0n) is 45.7. The number of piperidine rings is 1. The molecule has 3 aliphatic heterocycles. The molecule has 1 amide bonds. The smallest absolute Gasteiger partial charge is 0.459 e. The highest BCUT2D eigenvalue weighted by Gasteiger charge is 2.63. The number of nitrogens with zero attached hydrogens (tertiary/aromatic N) is 2. The van der Waals surface area contributed by atoms with Gasteiger partial charge in [0.15, 0.2) is 24.1 Å². The quantitative estimate of drug-likeness (QED) is 0.0358. The number of nitro benzene ring substituents is 1. The van der Waals surface area contributed by atoms with E-state index >= 15 is 0 Å². The molecule has 4 aliphatic carbocycles. The molecule has 1 aromatic rings. The molecule has 3 saturated heterocycles. The predicted octanol–water partition coefficient (Wildman–Crippen LogP) is 9.48. The number of fused-ring (bicyclic) bond motifs is 6. The van der Waals surface area contributed by atoms with Crippen molar-refractivity contribution < 1.29 is 86.1 Å². The maximum atomic E-state index is 14.8. The van der Waals surface area contributed by atoms with Crippen LogP contribution in [0.4, 0.5) is 24.9 Å². The minimum absolute atomic E-state index is 0.0392. The zero-order chi connectivity index (χ0) is 57.6. The minimum Gasteiger partial charge on any atom is -0.459 e. The summed E-state index contributed by atoms with van der Waals surface area (Å²) >= 11 is 0. The van der Waals surface area contributed by atoms with Crippen LogP contribution in [-0.2, 0) is 52.2 Å². The summed E-state index contributed by atoms with van der Waals surface area (Å²) in [6, 6.07) is 3.24. The molecule has 0 bridgehead atoms. The second kappa shape index (κ2) is 25.1. The normalized spacial score (nSPS) is 33.2. The molecular weight excluding hydrogens is 1040 g/mol. The number of rotatable bonds is 18. The number of benzene rings is 1. The Balaban J connectivity index is 1.07. The average Bonchev–Trinajstić information content (AvgIpc) is 4.11. The van der Waals surface area contributed by atoms with Crippen LogP contribution in [0.25, 0.3) is 0 Å². The number of ether oxygens (including phenoxy) is 11. The van der Waals surface area contributed by atoms with Crippen molar-refractivity contribution in [3.8, 4) is 18.1 Å². The van der Waals surface area contributed by atoms with Gasteiger partial charge in [-0.15, -0.1) is 12.3 Å². The van der Waals surface area contributed by atoms with Crippen molar-refractivity contribution in [2.24, 2.45) is 35.0 Å². The van der Waals surface area contributed by atoms with Gasteiger partial charge in [-0.1, -0.05) is 94.7 Å². The molecule has 1 aromatic carbocycles. The summed E-state index contributed by atoms with van der Waals surface area (Å²) in [5.74, 6) is 2.13. The lowest BCUT2D eigenvalue weighted by Gasteiger charge is -2.49. The van der Waals surface area contributed by atoms with Crippen molar-refractivity contribution in [2.45, 2.75) is 146 Å². The molecule has 8 rings (SSSR count). The molecule has 0 radical (unpaired) electrons. The first-order valence-corrected chi connectivity index (χ1v) is 27.2. The number of aliphatic hydroxyl groups is 1. The number of amides is 1. The predicted molar refractivity (Wildman–Crippen MR) is 284 cm³/mol. The van der Waals surface area contributed by atoms with Gasteiger partial charge in [0.25, 0.3) is 0 Å². The molecule has 16 atom stereocenters. The molecule has 80 heavy (non-hydrogen) atoms. The highest BCUT2D eigenvalue weighted by molar-refractivity contribution is 5.77. The monoisotopic (exact) mass is 1110 g/mol. The third-order valence-corrected chi connectivity index (χ3v) is 17.3. The number of esters is 1. The Morgan fingerprint density at radius 1 is 0.912 bits per heavy atom. The number of allylic oxidation sites excluding steroid dienone is 2. The largest absolute Gasteiger partial charge is 0.509 e. The molecule has 1 spiro atoms. The summed E-state index contributed by atoms with van der Waals surface area (Å²) < 4.78 is 62.4. The third kappa shape index (κ3) is 11.8. The molecule has 7 aliphatic rings.